The average Bonchev–Trinajstić information content (AvgIpc) is 2.08. The average molecular weight is 211 g/mol. The lowest BCUT2D eigenvalue weighted by atomic mass is 10.2. The van der Waals surface area contributed by atoms with Gasteiger partial charge in [0.05, 0.1) is 10.9 Å². The maximum atomic E-state index is 11.3. The number of halogens is 1. The van der Waals surface area contributed by atoms with Gasteiger partial charge in [0, 0.05) is 5.02 Å². The molecule has 0 aliphatic heterocycles. The van der Waals surface area contributed by atoms with Crippen molar-refractivity contribution >= 4 is 22.5 Å². The van der Waals surface area contributed by atoms with Gasteiger partial charge in [-0.3, -0.25) is 9.78 Å². The molecule has 0 bridgehead atoms. The van der Waals surface area contributed by atoms with E-state index in [4.69, 9.17) is 11.6 Å². The molecule has 0 radical (unpaired) electrons. The Balaban J connectivity index is 3.03. The second kappa shape index (κ2) is 2.99. The van der Waals surface area contributed by atoms with Crippen LogP contribution in [0.2, 0.25) is 5.02 Å². The summed E-state index contributed by atoms with van der Waals surface area (Å²) in [4.78, 5) is 26.9. The minimum absolute atomic E-state index is 0.400. The molecular weight excluding hydrogens is 204 g/mol. The lowest BCUT2D eigenvalue weighted by Gasteiger charge is -2.00. The van der Waals surface area contributed by atoms with Gasteiger partial charge < -0.3 is 4.98 Å². The van der Waals surface area contributed by atoms with Crippen LogP contribution in [-0.4, -0.2) is 9.97 Å². The zero-order chi connectivity index (χ0) is 10.3. The molecule has 1 heterocycles. The van der Waals surface area contributed by atoms with Gasteiger partial charge in [-0.2, -0.15) is 0 Å². The van der Waals surface area contributed by atoms with Crippen molar-refractivity contribution in [2.45, 2.75) is 6.92 Å². The van der Waals surface area contributed by atoms with Gasteiger partial charge >= 0.3 is 5.69 Å². The van der Waals surface area contributed by atoms with Crippen LogP contribution in [0.15, 0.2) is 21.7 Å². The first-order valence-corrected chi connectivity index (χ1v) is 4.38. The van der Waals surface area contributed by atoms with Crippen LogP contribution in [0.4, 0.5) is 0 Å². The predicted octanol–water partition coefficient (Wildman–Crippen LogP) is 1.18. The highest BCUT2D eigenvalue weighted by molar-refractivity contribution is 6.32. The summed E-state index contributed by atoms with van der Waals surface area (Å²) in [5, 5.41) is 0.963. The molecular formula is C9H7ClN2O2. The first-order chi connectivity index (χ1) is 6.58. The first-order valence-electron chi connectivity index (χ1n) is 4.00. The summed E-state index contributed by atoms with van der Waals surface area (Å²) >= 11 is 5.86. The van der Waals surface area contributed by atoms with Crippen molar-refractivity contribution in [2.24, 2.45) is 0 Å². The smallest absolute Gasteiger partial charge is 0.307 e. The summed E-state index contributed by atoms with van der Waals surface area (Å²) < 4.78 is 0. The van der Waals surface area contributed by atoms with Crippen molar-refractivity contribution in [3.63, 3.8) is 0 Å². The standard InChI is InChI=1S/C9H7ClN2O2/c1-4-2-5-7(3-6(4)10)11-9(14)12-8(5)13/h2-3H,1H3,(H2,11,12,13,14). The van der Waals surface area contributed by atoms with E-state index in [0.29, 0.717) is 15.9 Å². The number of benzene rings is 1. The molecule has 4 nitrogen and oxygen atoms in total. The molecule has 2 N–H and O–H groups in total. The Bertz CT molecular complexity index is 612. The summed E-state index contributed by atoms with van der Waals surface area (Å²) in [5.41, 5.74) is 0.331. The second-order valence-electron chi connectivity index (χ2n) is 3.06. The normalized spacial score (nSPS) is 10.7. The van der Waals surface area contributed by atoms with Gasteiger partial charge in [-0.05, 0) is 24.6 Å². The first kappa shape index (κ1) is 9.02. The molecule has 0 atom stereocenters. The SMILES string of the molecule is Cc1cc2c(=O)[nH]c(=O)[nH]c2cc1Cl. The topological polar surface area (TPSA) is 65.7 Å². The van der Waals surface area contributed by atoms with Crippen molar-refractivity contribution in [2.75, 3.05) is 0 Å². The van der Waals surface area contributed by atoms with E-state index in [9.17, 15) is 9.59 Å². The van der Waals surface area contributed by atoms with E-state index >= 15 is 0 Å². The highest BCUT2D eigenvalue weighted by atomic mass is 35.5. The maximum absolute atomic E-state index is 11.3. The van der Waals surface area contributed by atoms with E-state index in [1.165, 1.54) is 0 Å². The number of fused-ring (bicyclic) bond motifs is 1. The Hall–Kier alpha value is -1.55. The van der Waals surface area contributed by atoms with E-state index < -0.39 is 11.2 Å². The van der Waals surface area contributed by atoms with Gasteiger partial charge in [0.2, 0.25) is 0 Å². The summed E-state index contributed by atoms with van der Waals surface area (Å²) in [6.07, 6.45) is 0. The van der Waals surface area contributed by atoms with Crippen molar-refractivity contribution in [1.82, 2.24) is 9.97 Å². The molecule has 0 amide bonds. The Morgan fingerprint density at radius 3 is 2.64 bits per heavy atom. The lowest BCUT2D eigenvalue weighted by Crippen LogP contribution is -2.21. The van der Waals surface area contributed by atoms with Gasteiger partial charge in [0.1, 0.15) is 0 Å². The Morgan fingerprint density at radius 1 is 1.21 bits per heavy atom. The van der Waals surface area contributed by atoms with Crippen LogP contribution < -0.4 is 11.2 Å². The molecule has 2 aromatic rings. The fourth-order valence-electron chi connectivity index (χ4n) is 1.30. The van der Waals surface area contributed by atoms with E-state index in [2.05, 4.69) is 9.97 Å². The van der Waals surface area contributed by atoms with Crippen LogP contribution in [0.1, 0.15) is 5.56 Å². The molecule has 0 unspecified atom stereocenters. The molecule has 0 aliphatic carbocycles. The molecule has 0 aliphatic rings. The summed E-state index contributed by atoms with van der Waals surface area (Å²) in [6, 6.07) is 3.22. The minimum Gasteiger partial charge on any atom is -0.307 e. The van der Waals surface area contributed by atoms with Gasteiger partial charge in [-0.25, -0.2) is 4.79 Å². The quantitative estimate of drug-likeness (QED) is 0.686. The Morgan fingerprint density at radius 2 is 1.93 bits per heavy atom. The van der Waals surface area contributed by atoms with Crippen LogP contribution in [0.3, 0.4) is 0 Å². The summed E-state index contributed by atoms with van der Waals surface area (Å²) in [7, 11) is 0. The molecule has 0 fully saturated rings. The maximum Gasteiger partial charge on any atom is 0.326 e. The van der Waals surface area contributed by atoms with Gasteiger partial charge in [0.15, 0.2) is 0 Å². The van der Waals surface area contributed by atoms with E-state index in [-0.39, 0.29) is 0 Å². The van der Waals surface area contributed by atoms with E-state index in [1.807, 2.05) is 0 Å². The number of hydrogen-bond donors (Lipinski definition) is 2. The van der Waals surface area contributed by atoms with Crippen molar-refractivity contribution in [3.8, 4) is 0 Å². The number of aromatic amines is 2. The molecule has 14 heavy (non-hydrogen) atoms. The number of aryl methyl sites for hydroxylation is 1. The number of H-pyrrole nitrogens is 2. The zero-order valence-corrected chi connectivity index (χ0v) is 8.11. The number of nitrogens with one attached hydrogen (secondary N) is 2. The van der Waals surface area contributed by atoms with Crippen LogP contribution in [0.25, 0.3) is 10.9 Å². The molecule has 0 saturated heterocycles. The monoisotopic (exact) mass is 210 g/mol. The third kappa shape index (κ3) is 1.33. The summed E-state index contributed by atoms with van der Waals surface area (Å²) in [5.74, 6) is 0. The number of rotatable bonds is 0. The van der Waals surface area contributed by atoms with Crippen LogP contribution in [0.5, 0.6) is 0 Å². The van der Waals surface area contributed by atoms with Crippen molar-refractivity contribution in [1.29, 1.82) is 0 Å². The Labute approximate surface area is 83.5 Å². The van der Waals surface area contributed by atoms with Gasteiger partial charge in [0.25, 0.3) is 5.56 Å². The molecule has 72 valence electrons. The third-order valence-electron chi connectivity index (χ3n) is 2.02. The van der Waals surface area contributed by atoms with Crippen LogP contribution >= 0.6 is 11.6 Å². The molecule has 2 rings (SSSR count). The third-order valence-corrected chi connectivity index (χ3v) is 2.43. The molecule has 1 aromatic heterocycles. The minimum atomic E-state index is -0.526. The molecule has 5 heteroatoms. The fourth-order valence-corrected chi connectivity index (χ4v) is 1.46. The molecule has 0 spiro atoms. The van der Waals surface area contributed by atoms with Crippen LogP contribution in [0, 0.1) is 6.92 Å². The number of hydrogen-bond acceptors (Lipinski definition) is 2. The number of aromatic nitrogens is 2. The van der Waals surface area contributed by atoms with Crippen LogP contribution in [-0.2, 0) is 0 Å². The lowest BCUT2D eigenvalue weighted by molar-refractivity contribution is 1.08. The largest absolute Gasteiger partial charge is 0.326 e. The molecule has 1 aromatic carbocycles. The van der Waals surface area contributed by atoms with E-state index in [0.717, 1.165) is 5.56 Å². The van der Waals surface area contributed by atoms with Gasteiger partial charge in [-0.1, -0.05) is 11.6 Å². The van der Waals surface area contributed by atoms with Crippen molar-refractivity contribution < 1.29 is 0 Å². The molecule has 0 saturated carbocycles. The summed E-state index contributed by atoms with van der Waals surface area (Å²) in [6.45, 7) is 1.80. The van der Waals surface area contributed by atoms with Crippen molar-refractivity contribution in [3.05, 3.63) is 43.6 Å². The highest BCUT2D eigenvalue weighted by Crippen LogP contribution is 2.18. The fraction of sp³-hybridized carbons (Fsp3) is 0.111. The Kier molecular flexibility index (Phi) is 1.93. The zero-order valence-electron chi connectivity index (χ0n) is 7.35. The van der Waals surface area contributed by atoms with E-state index in [1.54, 1.807) is 19.1 Å². The highest BCUT2D eigenvalue weighted by Gasteiger charge is 2.03. The van der Waals surface area contributed by atoms with Gasteiger partial charge in [-0.15, -0.1) is 0 Å². The second-order valence-corrected chi connectivity index (χ2v) is 3.46. The predicted molar refractivity (Wildman–Crippen MR) is 54.9 cm³/mol.